The molecule has 3 aromatic rings. The first kappa shape index (κ1) is 28.4. The number of amides is 2. The molecule has 5 atom stereocenters. The second-order valence-electron chi connectivity index (χ2n) is 10.0. The number of carbonyl (C=O) groups is 3. The number of fused-ring (bicyclic) bond motifs is 2. The van der Waals surface area contributed by atoms with Crippen molar-refractivity contribution in [2.75, 3.05) is 18.1 Å². The molecule has 14 heteroatoms. The van der Waals surface area contributed by atoms with Crippen LogP contribution in [0, 0.1) is 11.8 Å². The molecule has 9 nitrogen and oxygen atoms in total. The largest absolute Gasteiger partial charge is 0.411 e. The number of anilines is 1. The molecule has 1 N–H and O–H groups in total. The minimum Gasteiger partial charge on any atom is -0.328 e. The number of aromatic nitrogens is 3. The molecular weight excluding hydrogens is 613 g/mol. The van der Waals surface area contributed by atoms with E-state index in [1.807, 2.05) is 0 Å². The summed E-state index contributed by atoms with van der Waals surface area (Å²) in [5, 5.41) is 7.66. The van der Waals surface area contributed by atoms with Crippen LogP contribution in [-0.4, -0.2) is 68.3 Å². The van der Waals surface area contributed by atoms with Crippen LogP contribution < -0.4 is 5.32 Å². The first-order chi connectivity index (χ1) is 18.8. The molecular formula is C26H26BrF3N6O3S. The molecule has 3 heterocycles. The standard InChI is InChI=1S/C26H26BrF3N6O3S/c1-13(37)23-17-8-7-16(40(3)34-14(2)26(28,29)30)10-19(17)36(33-23)12-22(38)35-11-15-9-18(15)24(35)25(39)32-21-6-4-5-20(27)31-21/h4-8,10,14-15,18,24H,9,11-12H2,1-3H3,(H,31,32,39)/t14?,15-,18-,24+,40?/m1/s1. The van der Waals surface area contributed by atoms with Crippen molar-refractivity contribution >= 4 is 60.9 Å². The monoisotopic (exact) mass is 638 g/mol. The Balaban J connectivity index is 1.42. The first-order valence-corrected chi connectivity index (χ1v) is 14.9. The topological polar surface area (TPSA) is 110 Å². The van der Waals surface area contributed by atoms with Gasteiger partial charge in [-0.1, -0.05) is 16.8 Å². The van der Waals surface area contributed by atoms with E-state index in [2.05, 4.69) is 35.7 Å². The average Bonchev–Trinajstić information content (AvgIpc) is 3.38. The summed E-state index contributed by atoms with van der Waals surface area (Å²) in [7, 11) is -1.10. The Morgan fingerprint density at radius 2 is 2.00 bits per heavy atom. The van der Waals surface area contributed by atoms with E-state index in [0.717, 1.165) is 13.3 Å². The van der Waals surface area contributed by atoms with Gasteiger partial charge in [0, 0.05) is 23.8 Å². The van der Waals surface area contributed by atoms with Gasteiger partial charge in [0.05, 0.1) is 5.52 Å². The van der Waals surface area contributed by atoms with E-state index in [1.165, 1.54) is 11.6 Å². The first-order valence-electron chi connectivity index (χ1n) is 12.5. The highest BCUT2D eigenvalue weighted by molar-refractivity contribution is 9.10. The van der Waals surface area contributed by atoms with Crippen LogP contribution in [-0.2, 0) is 26.8 Å². The molecule has 1 saturated heterocycles. The lowest BCUT2D eigenvalue weighted by molar-refractivity contribution is -0.142. The summed E-state index contributed by atoms with van der Waals surface area (Å²) in [6.07, 6.45) is -2.01. The Morgan fingerprint density at radius 3 is 2.67 bits per heavy atom. The minimum atomic E-state index is -4.45. The summed E-state index contributed by atoms with van der Waals surface area (Å²) in [5.41, 5.74) is 0.596. The quantitative estimate of drug-likeness (QED) is 0.300. The van der Waals surface area contributed by atoms with E-state index in [-0.39, 0.29) is 41.7 Å². The molecule has 2 fully saturated rings. The summed E-state index contributed by atoms with van der Waals surface area (Å²) in [6, 6.07) is 7.52. The number of halogens is 4. The number of nitrogens with zero attached hydrogens (tertiary/aromatic N) is 5. The van der Waals surface area contributed by atoms with Gasteiger partial charge in [0.25, 0.3) is 0 Å². The number of rotatable bonds is 7. The Kier molecular flexibility index (Phi) is 7.59. The molecule has 2 amide bonds. The fourth-order valence-corrected chi connectivity index (χ4v) is 6.64. The second-order valence-corrected chi connectivity index (χ2v) is 12.5. The average molecular weight is 639 g/mol. The number of pyridine rings is 1. The van der Waals surface area contributed by atoms with Gasteiger partial charge in [-0.15, -0.1) is 0 Å². The van der Waals surface area contributed by atoms with Gasteiger partial charge in [0.1, 0.15) is 34.7 Å². The molecule has 212 valence electrons. The van der Waals surface area contributed by atoms with Gasteiger partial charge < -0.3 is 10.2 Å². The fraction of sp³-hybridized carbons (Fsp3) is 0.423. The molecule has 40 heavy (non-hydrogen) atoms. The summed E-state index contributed by atoms with van der Waals surface area (Å²) >= 11 is 3.28. The van der Waals surface area contributed by atoms with Crippen LogP contribution in [0.5, 0.6) is 0 Å². The highest BCUT2D eigenvalue weighted by Gasteiger charge is 2.56. The van der Waals surface area contributed by atoms with Gasteiger partial charge in [-0.3, -0.25) is 19.1 Å². The van der Waals surface area contributed by atoms with Crippen LogP contribution in [0.3, 0.4) is 0 Å². The summed E-state index contributed by atoms with van der Waals surface area (Å²) < 4.78 is 45.0. The maximum absolute atomic E-state index is 13.5. The van der Waals surface area contributed by atoms with Crippen molar-refractivity contribution in [1.82, 2.24) is 19.7 Å². The predicted octanol–water partition coefficient (Wildman–Crippen LogP) is 4.62. The molecule has 0 bridgehead atoms. The maximum Gasteiger partial charge on any atom is 0.411 e. The molecule has 1 aliphatic heterocycles. The number of ketones is 1. The minimum absolute atomic E-state index is 0.0594. The number of piperidine rings is 1. The molecule has 2 unspecified atom stereocenters. The van der Waals surface area contributed by atoms with Crippen LogP contribution >= 0.6 is 15.9 Å². The number of hydrogen-bond donors (Lipinski definition) is 1. The highest BCUT2D eigenvalue weighted by Crippen LogP contribution is 2.50. The zero-order valence-electron chi connectivity index (χ0n) is 21.8. The molecule has 5 rings (SSSR count). The van der Waals surface area contributed by atoms with Crippen LogP contribution in [0.1, 0.15) is 30.8 Å². The summed E-state index contributed by atoms with van der Waals surface area (Å²) in [4.78, 5) is 45.3. The number of likely N-dealkylation sites (tertiary alicyclic amines) is 1. The third-order valence-electron chi connectivity index (χ3n) is 7.18. The van der Waals surface area contributed by atoms with Crippen LogP contribution in [0.25, 0.3) is 10.9 Å². The van der Waals surface area contributed by atoms with Gasteiger partial charge in [-0.2, -0.15) is 18.3 Å². The SMILES string of the molecule is CC(=O)c1nn(CC(=O)N2C[C@H]3C[C@H]3[C@H]2C(=O)Nc2cccc(Br)n2)c2cc(S(C)=NC(C)C(F)(F)F)ccc12. The molecule has 0 radical (unpaired) electrons. The van der Waals surface area contributed by atoms with E-state index in [1.54, 1.807) is 47.6 Å². The van der Waals surface area contributed by atoms with Gasteiger partial charge in [-0.25, -0.2) is 9.35 Å². The Hall–Kier alpha value is -3.13. The lowest BCUT2D eigenvalue weighted by Gasteiger charge is -2.26. The van der Waals surface area contributed by atoms with Crippen molar-refractivity contribution in [2.45, 2.75) is 50.0 Å². The van der Waals surface area contributed by atoms with Crippen molar-refractivity contribution in [3.05, 3.63) is 46.7 Å². The maximum atomic E-state index is 13.5. The van der Waals surface area contributed by atoms with Crippen molar-refractivity contribution in [3.63, 3.8) is 0 Å². The van der Waals surface area contributed by atoms with Crippen molar-refractivity contribution in [1.29, 1.82) is 0 Å². The van der Waals surface area contributed by atoms with Crippen molar-refractivity contribution < 1.29 is 27.6 Å². The zero-order valence-corrected chi connectivity index (χ0v) is 24.2. The van der Waals surface area contributed by atoms with E-state index >= 15 is 0 Å². The van der Waals surface area contributed by atoms with E-state index in [4.69, 9.17) is 0 Å². The molecule has 1 saturated carbocycles. The predicted molar refractivity (Wildman–Crippen MR) is 147 cm³/mol. The lowest BCUT2D eigenvalue weighted by atomic mass is 10.1. The van der Waals surface area contributed by atoms with Crippen molar-refractivity contribution in [2.24, 2.45) is 16.2 Å². The number of alkyl halides is 3. The number of carbonyl (C=O) groups excluding carboxylic acids is 3. The normalized spacial score (nSPS) is 21.8. The number of nitrogens with one attached hydrogen (secondary N) is 1. The fourth-order valence-electron chi connectivity index (χ4n) is 5.03. The lowest BCUT2D eigenvalue weighted by Crippen LogP contribution is -2.47. The van der Waals surface area contributed by atoms with Crippen LogP contribution in [0.2, 0.25) is 0 Å². The molecule has 2 aliphatic rings. The summed E-state index contributed by atoms with van der Waals surface area (Å²) in [5.74, 6) is -0.308. The smallest absolute Gasteiger partial charge is 0.328 e. The molecule has 2 aromatic heterocycles. The van der Waals surface area contributed by atoms with E-state index in [9.17, 15) is 27.6 Å². The Labute approximate surface area is 238 Å². The van der Waals surface area contributed by atoms with Crippen LogP contribution in [0.15, 0.2) is 50.3 Å². The number of hydrogen-bond acceptors (Lipinski definition) is 6. The summed E-state index contributed by atoms with van der Waals surface area (Å²) in [6.45, 7) is 2.55. The van der Waals surface area contributed by atoms with Gasteiger partial charge >= 0.3 is 6.18 Å². The van der Waals surface area contributed by atoms with E-state index in [0.29, 0.717) is 32.8 Å². The van der Waals surface area contributed by atoms with Gasteiger partial charge in [-0.05, 0) is 77.7 Å². The van der Waals surface area contributed by atoms with Gasteiger partial charge in [0.2, 0.25) is 11.8 Å². The van der Waals surface area contributed by atoms with Crippen LogP contribution in [0.4, 0.5) is 19.0 Å². The third-order valence-corrected chi connectivity index (χ3v) is 9.19. The third kappa shape index (κ3) is 5.69. The van der Waals surface area contributed by atoms with Crippen molar-refractivity contribution in [3.8, 4) is 0 Å². The van der Waals surface area contributed by atoms with Gasteiger partial charge in [0.15, 0.2) is 5.78 Å². The second kappa shape index (κ2) is 10.7. The molecule has 1 aliphatic carbocycles. The molecule has 1 aromatic carbocycles. The number of benzene rings is 1. The molecule has 0 spiro atoms. The number of Topliss-reactive ketones (excluding diaryl/α,β-unsaturated/α-hetero) is 1. The Morgan fingerprint density at radius 1 is 1.25 bits per heavy atom. The zero-order chi connectivity index (χ0) is 28.9. The van der Waals surface area contributed by atoms with E-state index < -0.39 is 29.0 Å². The highest BCUT2D eigenvalue weighted by atomic mass is 79.9. The Bertz CT molecular complexity index is 1560.